The number of hydrogen-bond acceptors (Lipinski definition) is 2. The number of rotatable bonds is 9. The van der Waals surface area contributed by atoms with E-state index in [1.165, 1.54) is 12.8 Å². The van der Waals surface area contributed by atoms with E-state index >= 15 is 0 Å². The Kier molecular flexibility index (Phi) is 5.81. The van der Waals surface area contributed by atoms with Gasteiger partial charge in [-0.1, -0.05) is 39.5 Å². The van der Waals surface area contributed by atoms with Gasteiger partial charge in [-0.25, -0.2) is 0 Å². The first-order valence-corrected chi connectivity index (χ1v) is 6.66. The lowest BCUT2D eigenvalue weighted by Gasteiger charge is -2.22. The van der Waals surface area contributed by atoms with E-state index in [2.05, 4.69) is 19.2 Å². The highest BCUT2D eigenvalue weighted by Gasteiger charge is 2.27. The normalized spacial score (nSPS) is 19.4. The monoisotopic (exact) mass is 227 g/mol. The zero-order valence-corrected chi connectivity index (χ0v) is 10.5. The summed E-state index contributed by atoms with van der Waals surface area (Å²) in [5.41, 5.74) is 0. The summed E-state index contributed by atoms with van der Waals surface area (Å²) in [5.74, 6) is 0.167. The van der Waals surface area contributed by atoms with Crippen LogP contribution >= 0.6 is 0 Å². The van der Waals surface area contributed by atoms with Gasteiger partial charge in [0, 0.05) is 6.04 Å². The predicted molar refractivity (Wildman–Crippen MR) is 65.5 cm³/mol. The molecule has 2 unspecified atom stereocenters. The summed E-state index contributed by atoms with van der Waals surface area (Å²) in [6, 6.07) is 0.0501. The average molecular weight is 227 g/mol. The van der Waals surface area contributed by atoms with Crippen molar-refractivity contribution in [3.63, 3.8) is 0 Å². The molecule has 2 N–H and O–H groups in total. The molecule has 0 aliphatic heterocycles. The molecule has 1 aliphatic rings. The van der Waals surface area contributed by atoms with Crippen LogP contribution in [-0.2, 0) is 4.79 Å². The number of nitrogens with one attached hydrogen (secondary N) is 1. The molecule has 0 heterocycles. The van der Waals surface area contributed by atoms with Gasteiger partial charge in [0.05, 0.1) is 0 Å². The van der Waals surface area contributed by atoms with Crippen LogP contribution in [0.25, 0.3) is 0 Å². The zero-order valence-electron chi connectivity index (χ0n) is 10.5. The first kappa shape index (κ1) is 13.5. The summed E-state index contributed by atoms with van der Waals surface area (Å²) in [5, 5.41) is 12.4. The largest absolute Gasteiger partial charge is 0.480 e. The quantitative estimate of drug-likeness (QED) is 0.637. The van der Waals surface area contributed by atoms with Gasteiger partial charge in [0.25, 0.3) is 0 Å². The Bertz CT molecular complexity index is 214. The molecule has 3 heteroatoms. The van der Waals surface area contributed by atoms with E-state index in [1.807, 2.05) is 0 Å². The van der Waals surface area contributed by atoms with Crippen LogP contribution in [-0.4, -0.2) is 23.2 Å². The van der Waals surface area contributed by atoms with E-state index in [0.717, 1.165) is 38.0 Å². The maximum atomic E-state index is 11.1. The fourth-order valence-corrected chi connectivity index (χ4v) is 2.08. The van der Waals surface area contributed by atoms with Crippen LogP contribution < -0.4 is 5.32 Å². The number of carbonyl (C=O) groups is 1. The van der Waals surface area contributed by atoms with Crippen LogP contribution in [0.3, 0.4) is 0 Å². The van der Waals surface area contributed by atoms with Gasteiger partial charge in [-0.3, -0.25) is 4.79 Å². The van der Waals surface area contributed by atoms with Gasteiger partial charge >= 0.3 is 5.97 Å². The molecule has 0 saturated heterocycles. The predicted octanol–water partition coefficient (Wildman–Crippen LogP) is 2.80. The summed E-state index contributed by atoms with van der Waals surface area (Å²) in [7, 11) is 0. The van der Waals surface area contributed by atoms with Crippen LogP contribution in [0.4, 0.5) is 0 Å². The highest BCUT2D eigenvalue weighted by Crippen LogP contribution is 2.34. The molecule has 0 amide bonds. The number of hydrogen-bond donors (Lipinski definition) is 2. The lowest BCUT2D eigenvalue weighted by atomic mass is 10.0. The second-order valence-corrected chi connectivity index (χ2v) is 4.98. The van der Waals surface area contributed by atoms with Crippen molar-refractivity contribution in [1.29, 1.82) is 0 Å². The number of unbranched alkanes of at least 4 members (excludes halogenated alkanes) is 1. The third-order valence-corrected chi connectivity index (χ3v) is 3.39. The second kappa shape index (κ2) is 6.89. The van der Waals surface area contributed by atoms with E-state index in [9.17, 15) is 4.79 Å². The molecule has 94 valence electrons. The van der Waals surface area contributed by atoms with E-state index in [-0.39, 0.29) is 6.04 Å². The summed E-state index contributed by atoms with van der Waals surface area (Å²) in [4.78, 5) is 11.1. The minimum atomic E-state index is -0.692. The van der Waals surface area contributed by atoms with Gasteiger partial charge < -0.3 is 10.4 Å². The van der Waals surface area contributed by atoms with Gasteiger partial charge in [0.2, 0.25) is 0 Å². The van der Waals surface area contributed by atoms with E-state index in [0.29, 0.717) is 6.04 Å². The molecule has 0 aromatic heterocycles. The van der Waals surface area contributed by atoms with Gasteiger partial charge in [-0.15, -0.1) is 0 Å². The van der Waals surface area contributed by atoms with Crippen LogP contribution in [0, 0.1) is 5.92 Å². The molecule has 1 saturated carbocycles. The lowest BCUT2D eigenvalue weighted by molar-refractivity contribution is -0.140. The maximum absolute atomic E-state index is 11.1. The van der Waals surface area contributed by atoms with Gasteiger partial charge in [0.15, 0.2) is 0 Å². The third kappa shape index (κ3) is 4.97. The second-order valence-electron chi connectivity index (χ2n) is 4.98. The SMILES string of the molecule is CCCCC(NC(CC)CC1CC1)C(=O)O. The van der Waals surface area contributed by atoms with Gasteiger partial charge in [0.1, 0.15) is 6.04 Å². The van der Waals surface area contributed by atoms with E-state index in [1.54, 1.807) is 0 Å². The first-order chi connectivity index (χ1) is 7.67. The highest BCUT2D eigenvalue weighted by atomic mass is 16.4. The Morgan fingerprint density at radius 3 is 2.56 bits per heavy atom. The Labute approximate surface area is 98.6 Å². The summed E-state index contributed by atoms with van der Waals surface area (Å²) < 4.78 is 0. The third-order valence-electron chi connectivity index (χ3n) is 3.39. The van der Waals surface area contributed by atoms with Gasteiger partial charge in [-0.2, -0.15) is 0 Å². The molecule has 0 aromatic rings. The first-order valence-electron chi connectivity index (χ1n) is 6.66. The molecule has 2 atom stereocenters. The van der Waals surface area contributed by atoms with Crippen LogP contribution in [0.5, 0.6) is 0 Å². The fraction of sp³-hybridized carbons (Fsp3) is 0.923. The van der Waals surface area contributed by atoms with E-state index < -0.39 is 5.97 Å². The molecule has 0 spiro atoms. The van der Waals surface area contributed by atoms with Crippen LogP contribution in [0.2, 0.25) is 0 Å². The number of aliphatic carboxylic acids is 1. The van der Waals surface area contributed by atoms with Crippen molar-refractivity contribution >= 4 is 5.97 Å². The molecule has 3 nitrogen and oxygen atoms in total. The Hall–Kier alpha value is -0.570. The molecule has 0 radical (unpaired) electrons. The van der Waals surface area contributed by atoms with Crippen molar-refractivity contribution in [2.75, 3.05) is 0 Å². The molecule has 16 heavy (non-hydrogen) atoms. The standard InChI is InChI=1S/C13H25NO2/c1-3-5-6-12(13(15)16)14-11(4-2)9-10-7-8-10/h10-12,14H,3-9H2,1-2H3,(H,15,16). The molecule has 0 bridgehead atoms. The van der Waals surface area contributed by atoms with Crippen molar-refractivity contribution in [3.05, 3.63) is 0 Å². The zero-order chi connectivity index (χ0) is 12.0. The van der Waals surface area contributed by atoms with Crippen molar-refractivity contribution in [3.8, 4) is 0 Å². The van der Waals surface area contributed by atoms with E-state index in [4.69, 9.17) is 5.11 Å². The lowest BCUT2D eigenvalue weighted by Crippen LogP contribution is -2.43. The smallest absolute Gasteiger partial charge is 0.320 e. The summed E-state index contributed by atoms with van der Waals surface area (Å²) in [6.45, 7) is 4.24. The molecule has 1 rings (SSSR count). The Morgan fingerprint density at radius 1 is 1.44 bits per heavy atom. The summed E-state index contributed by atoms with van der Waals surface area (Å²) in [6.07, 6.45) is 7.68. The van der Waals surface area contributed by atoms with Crippen molar-refractivity contribution < 1.29 is 9.90 Å². The van der Waals surface area contributed by atoms with Crippen molar-refractivity contribution in [1.82, 2.24) is 5.32 Å². The Morgan fingerprint density at radius 2 is 2.12 bits per heavy atom. The van der Waals surface area contributed by atoms with Crippen LogP contribution in [0.15, 0.2) is 0 Å². The maximum Gasteiger partial charge on any atom is 0.320 e. The molecule has 0 aromatic carbocycles. The summed E-state index contributed by atoms with van der Waals surface area (Å²) >= 11 is 0. The van der Waals surface area contributed by atoms with Crippen LogP contribution in [0.1, 0.15) is 58.8 Å². The molecule has 1 fully saturated rings. The Balaban J connectivity index is 2.33. The average Bonchev–Trinajstić information content (AvgIpc) is 3.05. The number of carboxylic acids is 1. The molecular formula is C13H25NO2. The minimum Gasteiger partial charge on any atom is -0.480 e. The topological polar surface area (TPSA) is 49.3 Å². The van der Waals surface area contributed by atoms with Crippen molar-refractivity contribution in [2.45, 2.75) is 70.9 Å². The minimum absolute atomic E-state index is 0.344. The van der Waals surface area contributed by atoms with Gasteiger partial charge in [-0.05, 0) is 25.2 Å². The molecular weight excluding hydrogens is 202 g/mol. The molecule has 1 aliphatic carbocycles. The van der Waals surface area contributed by atoms with Crippen molar-refractivity contribution in [2.24, 2.45) is 5.92 Å². The highest BCUT2D eigenvalue weighted by molar-refractivity contribution is 5.73. The fourth-order valence-electron chi connectivity index (χ4n) is 2.08. The number of carboxylic acid groups (broad SMARTS) is 1.